The Bertz CT molecular complexity index is 758. The van der Waals surface area contributed by atoms with E-state index in [0.717, 1.165) is 12.2 Å². The molecule has 0 aliphatic carbocycles. The molecule has 1 heterocycles. The van der Waals surface area contributed by atoms with E-state index in [9.17, 15) is 0 Å². The van der Waals surface area contributed by atoms with Crippen molar-refractivity contribution in [3.05, 3.63) is 64.7 Å². The van der Waals surface area contributed by atoms with E-state index < -0.39 is 0 Å². The second-order valence-corrected chi connectivity index (χ2v) is 9.82. The first-order valence-corrected chi connectivity index (χ1v) is 11.9. The minimum atomic E-state index is 0. The fourth-order valence-corrected chi connectivity index (χ4v) is 6.06. The first-order chi connectivity index (χ1) is 13.5. The molecule has 0 bridgehead atoms. The van der Waals surface area contributed by atoms with Crippen molar-refractivity contribution >= 4 is 11.8 Å². The van der Waals surface area contributed by atoms with Gasteiger partial charge in [0.1, 0.15) is 0 Å². The molecule has 1 aliphatic heterocycles. The number of thioether (sulfide) groups is 1. The van der Waals surface area contributed by atoms with Gasteiger partial charge in [-0.15, -0.1) is 11.8 Å². The molecule has 155 valence electrons. The smallest absolute Gasteiger partial charge is 0.0431 e. The van der Waals surface area contributed by atoms with Crippen LogP contribution in [0.1, 0.15) is 80.0 Å². The van der Waals surface area contributed by atoms with Crippen LogP contribution in [0.4, 0.5) is 0 Å². The van der Waals surface area contributed by atoms with Crippen molar-refractivity contribution in [1.29, 1.82) is 0 Å². The zero-order valence-corrected chi connectivity index (χ0v) is 24.0. The predicted molar refractivity (Wildman–Crippen MR) is 123 cm³/mol. The van der Waals surface area contributed by atoms with Crippen LogP contribution in [0.15, 0.2) is 47.4 Å². The number of hydrogen-bond acceptors (Lipinski definition) is 2. The van der Waals surface area contributed by atoms with E-state index in [2.05, 4.69) is 63.2 Å². The summed E-state index contributed by atoms with van der Waals surface area (Å²) in [5.41, 5.74) is 5.95. The van der Waals surface area contributed by atoms with E-state index in [4.69, 9.17) is 5.11 Å². The molecule has 0 saturated heterocycles. The molecule has 3 heteroatoms. The molecule has 3 rings (SSSR count). The molecule has 0 spiro atoms. The molecule has 2 atom stereocenters. The first kappa shape index (κ1) is 25.5. The van der Waals surface area contributed by atoms with Crippen LogP contribution in [0.25, 0.3) is 0 Å². The first-order valence-electron chi connectivity index (χ1n) is 11.0. The Morgan fingerprint density at radius 3 is 2.21 bits per heavy atom. The summed E-state index contributed by atoms with van der Waals surface area (Å²) in [6.45, 7) is 7.20. The second kappa shape index (κ2) is 12.3. The average Bonchev–Trinajstić information content (AvgIpc) is 2.69. The minimum Gasteiger partial charge on any atom is -0.396 e. The summed E-state index contributed by atoms with van der Waals surface area (Å²) in [6.07, 6.45) is 8.54. The maximum absolute atomic E-state index is 8.93. The zero-order valence-electron chi connectivity index (χ0n) is 18.4. The van der Waals surface area contributed by atoms with Crippen molar-refractivity contribution in [3.8, 4) is 0 Å². The van der Waals surface area contributed by atoms with E-state index in [-0.39, 0.29) is 49.5 Å². The number of fused-ring (bicyclic) bond motifs is 1. The van der Waals surface area contributed by atoms with Gasteiger partial charge in [-0.25, -0.2) is 0 Å². The summed E-state index contributed by atoms with van der Waals surface area (Å²) in [5.74, 6) is 1.75. The molecule has 0 saturated carbocycles. The van der Waals surface area contributed by atoms with E-state index in [1.165, 1.54) is 60.1 Å². The number of benzene rings is 2. The molecule has 2 aromatic rings. The molecule has 2 aromatic carbocycles. The second-order valence-electron chi connectivity index (χ2n) is 8.80. The Labute approximate surface area is 218 Å². The number of aliphatic hydroxyl groups is 1. The van der Waals surface area contributed by atoms with Crippen LogP contribution >= 0.6 is 11.8 Å². The molecule has 1 nitrogen and oxygen atoms in total. The topological polar surface area (TPSA) is 20.2 Å². The Morgan fingerprint density at radius 1 is 0.897 bits per heavy atom. The molecular weight excluding hydrogens is 587 g/mol. The Hall–Kier alpha value is 0.192. The number of aliphatic hydroxyl groups excluding tert-OH is 1. The van der Waals surface area contributed by atoms with Gasteiger partial charge in [0.2, 0.25) is 0 Å². The molecular formula is C26H36AcOS. The third-order valence-corrected chi connectivity index (χ3v) is 7.86. The van der Waals surface area contributed by atoms with Crippen LogP contribution in [0.3, 0.4) is 0 Å². The number of unbranched alkanes of at least 4 members (excludes halogenated alkanes) is 5. The van der Waals surface area contributed by atoms with Crippen LogP contribution in [-0.4, -0.2) is 17.5 Å². The van der Waals surface area contributed by atoms with Gasteiger partial charge in [0.15, 0.2) is 0 Å². The third-order valence-electron chi connectivity index (χ3n) is 6.45. The number of hydrogen-bond donors (Lipinski definition) is 1. The van der Waals surface area contributed by atoms with Crippen molar-refractivity contribution in [1.82, 2.24) is 0 Å². The van der Waals surface area contributed by atoms with Gasteiger partial charge in [-0.2, -0.15) is 0 Å². The van der Waals surface area contributed by atoms with Gasteiger partial charge in [-0.05, 0) is 49.8 Å². The van der Waals surface area contributed by atoms with Gasteiger partial charge < -0.3 is 5.11 Å². The molecule has 0 aromatic heterocycles. The van der Waals surface area contributed by atoms with Crippen LogP contribution in [0.2, 0.25) is 0 Å². The largest absolute Gasteiger partial charge is 0.396 e. The van der Waals surface area contributed by atoms with E-state index >= 15 is 0 Å². The number of aryl methyl sites for hydroxylation is 2. The van der Waals surface area contributed by atoms with Crippen molar-refractivity contribution in [2.75, 3.05) is 12.4 Å². The van der Waals surface area contributed by atoms with Crippen LogP contribution < -0.4 is 0 Å². The predicted octanol–water partition coefficient (Wildman–Crippen LogP) is 7.17. The molecule has 1 aliphatic rings. The summed E-state index contributed by atoms with van der Waals surface area (Å²) < 4.78 is 0. The number of rotatable bonds is 9. The van der Waals surface area contributed by atoms with Crippen molar-refractivity contribution < 1.29 is 49.2 Å². The standard InChI is InChI=1S/C26H36OS.Ac/c1-20-11-14-22(15-12-20)26(3)19-28-25-18-21(2)13-16-23(25)24(26)10-8-6-4-5-7-9-17-27;/h11-16,18,24,27H,4-10,17,19H2,1-3H3;/t24-,26-;/m1./s1. The average molecular weight is 624 g/mol. The van der Waals surface area contributed by atoms with E-state index in [0.29, 0.717) is 12.5 Å². The monoisotopic (exact) mass is 623 g/mol. The Morgan fingerprint density at radius 2 is 1.52 bits per heavy atom. The van der Waals surface area contributed by atoms with Gasteiger partial charge in [0.05, 0.1) is 0 Å². The summed E-state index contributed by atoms with van der Waals surface area (Å²) in [6, 6.07) is 16.3. The van der Waals surface area contributed by atoms with Gasteiger partial charge in [0, 0.05) is 66.7 Å². The van der Waals surface area contributed by atoms with Crippen LogP contribution in [0.5, 0.6) is 0 Å². The zero-order chi connectivity index (χ0) is 20.0. The van der Waals surface area contributed by atoms with Gasteiger partial charge in [-0.3, -0.25) is 0 Å². The fraction of sp³-hybridized carbons (Fsp3) is 0.538. The van der Waals surface area contributed by atoms with Crippen LogP contribution in [0, 0.1) is 57.9 Å². The summed E-state index contributed by atoms with van der Waals surface area (Å²) in [7, 11) is 0. The van der Waals surface area contributed by atoms with Crippen molar-refractivity contribution in [2.24, 2.45) is 0 Å². The SMILES string of the molecule is Cc1ccc([C@@]2(C)CSc3cc(C)ccc3[C@H]2CCCCCCCCO)cc1.[Ac]. The maximum Gasteiger partial charge on any atom is 0.0431 e. The normalized spacial score (nSPS) is 20.8. The van der Waals surface area contributed by atoms with E-state index in [1.54, 1.807) is 5.56 Å². The van der Waals surface area contributed by atoms with Crippen LogP contribution in [-0.2, 0) is 5.41 Å². The third kappa shape index (κ3) is 6.59. The minimum absolute atomic E-state index is 0. The molecule has 1 radical (unpaired) electrons. The Balaban J connectivity index is 0.00000300. The van der Waals surface area contributed by atoms with Crippen molar-refractivity contribution in [3.63, 3.8) is 0 Å². The molecule has 0 fully saturated rings. The van der Waals surface area contributed by atoms with Gasteiger partial charge in [-0.1, -0.05) is 86.6 Å². The molecule has 29 heavy (non-hydrogen) atoms. The van der Waals surface area contributed by atoms with Gasteiger partial charge >= 0.3 is 0 Å². The molecule has 0 amide bonds. The van der Waals surface area contributed by atoms with Gasteiger partial charge in [0.25, 0.3) is 0 Å². The fourth-order valence-electron chi connectivity index (χ4n) is 4.59. The quantitative estimate of drug-likeness (QED) is 0.299. The molecule has 0 unspecified atom stereocenters. The summed E-state index contributed by atoms with van der Waals surface area (Å²) in [5, 5.41) is 8.93. The summed E-state index contributed by atoms with van der Waals surface area (Å²) in [4.78, 5) is 1.50. The van der Waals surface area contributed by atoms with E-state index in [1.807, 2.05) is 11.8 Å². The molecule has 1 N–H and O–H groups in total. The Kier molecular flexibility index (Phi) is 10.8. The summed E-state index contributed by atoms with van der Waals surface area (Å²) >= 11 is 2.04. The maximum atomic E-state index is 8.93. The van der Waals surface area contributed by atoms with Crippen molar-refractivity contribution in [2.45, 2.75) is 81.9 Å².